The minimum absolute atomic E-state index is 0.112. The third kappa shape index (κ3) is 2.57. The van der Waals surface area contributed by atoms with Gasteiger partial charge in [-0.3, -0.25) is 9.13 Å². The number of fused-ring (bicyclic) bond motifs is 1. The van der Waals surface area contributed by atoms with Gasteiger partial charge in [-0.2, -0.15) is 0 Å². The second kappa shape index (κ2) is 5.83. The minimum atomic E-state index is -1.19. The molecule has 2 aliphatic rings. The molecule has 1 saturated carbocycles. The number of alkyl halides is 1. The normalized spacial score (nSPS) is 31.6. The van der Waals surface area contributed by atoms with E-state index in [1.807, 2.05) is 19.1 Å². The van der Waals surface area contributed by atoms with Crippen molar-refractivity contribution in [2.45, 2.75) is 71.1 Å². The van der Waals surface area contributed by atoms with Crippen molar-refractivity contribution in [1.29, 1.82) is 0 Å². The fourth-order valence-electron chi connectivity index (χ4n) is 4.56. The van der Waals surface area contributed by atoms with E-state index >= 15 is 0 Å². The number of aromatic nitrogens is 3. The van der Waals surface area contributed by atoms with E-state index in [9.17, 15) is 9.18 Å². The van der Waals surface area contributed by atoms with Crippen molar-refractivity contribution < 1.29 is 4.39 Å². The van der Waals surface area contributed by atoms with Gasteiger partial charge in [-0.25, -0.2) is 14.2 Å². The molecule has 0 N–H and O–H groups in total. The van der Waals surface area contributed by atoms with Crippen molar-refractivity contribution in [3.05, 3.63) is 22.6 Å². The summed E-state index contributed by atoms with van der Waals surface area (Å²) in [5, 5.41) is 0. The standard InChI is InChI=1S/C20H29FN4O/c1-5-14-8-6-7-11-24(14)16-10-9-15-17(22-16)23(4)18(26)25(15)13-19(2)12-20(19,3)21/h9-10,14H,5-8,11-13H2,1-4H3. The van der Waals surface area contributed by atoms with E-state index < -0.39 is 11.1 Å². The van der Waals surface area contributed by atoms with Crippen LogP contribution in [0.25, 0.3) is 11.2 Å². The van der Waals surface area contributed by atoms with Gasteiger partial charge in [0.1, 0.15) is 11.5 Å². The highest BCUT2D eigenvalue weighted by Crippen LogP contribution is 2.59. The van der Waals surface area contributed by atoms with E-state index in [2.05, 4.69) is 11.8 Å². The summed E-state index contributed by atoms with van der Waals surface area (Å²) in [5.41, 5.74) is -0.277. The van der Waals surface area contributed by atoms with Gasteiger partial charge in [0.05, 0.1) is 5.52 Å². The van der Waals surface area contributed by atoms with Crippen LogP contribution in [0.2, 0.25) is 0 Å². The Balaban J connectivity index is 1.74. The Bertz CT molecular complexity index is 899. The van der Waals surface area contributed by atoms with Crippen molar-refractivity contribution in [2.75, 3.05) is 11.4 Å². The third-order valence-electron chi connectivity index (χ3n) is 6.72. The summed E-state index contributed by atoms with van der Waals surface area (Å²) in [6.45, 7) is 7.18. The fourth-order valence-corrected chi connectivity index (χ4v) is 4.56. The Morgan fingerprint density at radius 2 is 2.04 bits per heavy atom. The summed E-state index contributed by atoms with van der Waals surface area (Å²) in [4.78, 5) is 20.0. The highest BCUT2D eigenvalue weighted by molar-refractivity contribution is 5.74. The van der Waals surface area contributed by atoms with Gasteiger partial charge in [0.2, 0.25) is 0 Å². The predicted molar refractivity (Wildman–Crippen MR) is 102 cm³/mol. The monoisotopic (exact) mass is 360 g/mol. The van der Waals surface area contributed by atoms with Crippen LogP contribution in [0, 0.1) is 5.41 Å². The van der Waals surface area contributed by atoms with Crippen molar-refractivity contribution in [1.82, 2.24) is 14.1 Å². The van der Waals surface area contributed by atoms with Crippen LogP contribution in [-0.2, 0) is 13.6 Å². The van der Waals surface area contributed by atoms with Gasteiger partial charge in [0.15, 0.2) is 5.65 Å². The number of hydrogen-bond acceptors (Lipinski definition) is 3. The van der Waals surface area contributed by atoms with Crippen LogP contribution in [0.4, 0.5) is 10.2 Å². The molecule has 1 saturated heterocycles. The maximum absolute atomic E-state index is 14.3. The minimum Gasteiger partial charge on any atom is -0.354 e. The summed E-state index contributed by atoms with van der Waals surface area (Å²) < 4.78 is 17.6. The number of hydrogen-bond donors (Lipinski definition) is 0. The first-order valence-electron chi connectivity index (χ1n) is 9.79. The zero-order valence-corrected chi connectivity index (χ0v) is 16.3. The first-order valence-corrected chi connectivity index (χ1v) is 9.79. The molecule has 2 fully saturated rings. The largest absolute Gasteiger partial charge is 0.354 e. The van der Waals surface area contributed by atoms with Crippen LogP contribution >= 0.6 is 0 Å². The molecule has 5 nitrogen and oxygen atoms in total. The third-order valence-corrected chi connectivity index (χ3v) is 6.72. The molecule has 1 aliphatic carbocycles. The highest BCUT2D eigenvalue weighted by Gasteiger charge is 2.62. The average molecular weight is 360 g/mol. The number of aryl methyl sites for hydroxylation is 1. The van der Waals surface area contributed by atoms with Crippen LogP contribution in [0.15, 0.2) is 16.9 Å². The van der Waals surface area contributed by atoms with E-state index in [1.165, 1.54) is 19.3 Å². The SMILES string of the molecule is CCC1CCCCN1c1ccc2c(n1)n(C)c(=O)n2CC1(C)CC1(C)F. The lowest BCUT2D eigenvalue weighted by molar-refractivity contribution is 0.240. The Labute approximate surface area is 153 Å². The first kappa shape index (κ1) is 17.6. The van der Waals surface area contributed by atoms with Crippen LogP contribution in [0.3, 0.4) is 0 Å². The van der Waals surface area contributed by atoms with Gasteiger partial charge < -0.3 is 4.90 Å². The summed E-state index contributed by atoms with van der Waals surface area (Å²) in [6, 6.07) is 4.53. The second-order valence-electron chi connectivity index (χ2n) is 8.63. The zero-order chi connectivity index (χ0) is 18.7. The van der Waals surface area contributed by atoms with Crippen molar-refractivity contribution >= 4 is 17.0 Å². The molecule has 3 heterocycles. The van der Waals surface area contributed by atoms with Crippen molar-refractivity contribution in [2.24, 2.45) is 12.5 Å². The molecular formula is C20H29FN4O. The maximum atomic E-state index is 14.3. The Kier molecular flexibility index (Phi) is 3.93. The summed E-state index contributed by atoms with van der Waals surface area (Å²) in [5.74, 6) is 0.949. The lowest BCUT2D eigenvalue weighted by atomic mass is 10.00. The number of nitrogens with zero attached hydrogens (tertiary/aromatic N) is 4. The molecule has 0 amide bonds. The van der Waals surface area contributed by atoms with E-state index in [0.717, 1.165) is 24.3 Å². The number of halogens is 1. The Morgan fingerprint density at radius 3 is 2.69 bits per heavy atom. The molecule has 142 valence electrons. The van der Waals surface area contributed by atoms with E-state index in [4.69, 9.17) is 4.98 Å². The van der Waals surface area contributed by atoms with E-state index in [0.29, 0.717) is 24.7 Å². The molecule has 0 aromatic carbocycles. The Morgan fingerprint density at radius 1 is 1.31 bits per heavy atom. The quantitative estimate of drug-likeness (QED) is 0.836. The molecule has 0 radical (unpaired) electrons. The molecule has 3 atom stereocenters. The van der Waals surface area contributed by atoms with Crippen molar-refractivity contribution in [3.63, 3.8) is 0 Å². The molecule has 2 aromatic rings. The first-order chi connectivity index (χ1) is 12.3. The summed E-state index contributed by atoms with van der Waals surface area (Å²) in [7, 11) is 1.76. The van der Waals surface area contributed by atoms with Crippen molar-refractivity contribution in [3.8, 4) is 0 Å². The van der Waals surface area contributed by atoms with E-state index in [-0.39, 0.29) is 5.69 Å². The van der Waals surface area contributed by atoms with Crippen LogP contribution in [0.5, 0.6) is 0 Å². The average Bonchev–Trinajstić information content (AvgIpc) is 3.05. The van der Waals surface area contributed by atoms with Gasteiger partial charge in [0, 0.05) is 31.6 Å². The van der Waals surface area contributed by atoms with Gasteiger partial charge in [-0.15, -0.1) is 0 Å². The Hall–Kier alpha value is -1.85. The molecular weight excluding hydrogens is 331 g/mol. The van der Waals surface area contributed by atoms with E-state index in [1.54, 1.807) is 23.1 Å². The van der Waals surface area contributed by atoms with Crippen LogP contribution in [0.1, 0.15) is 52.9 Å². The number of anilines is 1. The highest BCUT2D eigenvalue weighted by atomic mass is 19.1. The number of piperidine rings is 1. The molecule has 1 aliphatic heterocycles. The number of imidazole rings is 1. The molecule has 4 rings (SSSR count). The molecule has 2 aromatic heterocycles. The predicted octanol–water partition coefficient (Wildman–Crippen LogP) is 3.64. The maximum Gasteiger partial charge on any atom is 0.330 e. The molecule has 0 bridgehead atoms. The topological polar surface area (TPSA) is 43.1 Å². The van der Waals surface area contributed by atoms with Gasteiger partial charge in [0.25, 0.3) is 0 Å². The fraction of sp³-hybridized carbons (Fsp3) is 0.700. The second-order valence-corrected chi connectivity index (χ2v) is 8.63. The summed E-state index contributed by atoms with van der Waals surface area (Å²) in [6.07, 6.45) is 5.26. The van der Waals surface area contributed by atoms with Gasteiger partial charge in [-0.1, -0.05) is 13.8 Å². The number of pyridine rings is 1. The van der Waals surface area contributed by atoms with Crippen LogP contribution < -0.4 is 10.6 Å². The summed E-state index contributed by atoms with van der Waals surface area (Å²) >= 11 is 0. The van der Waals surface area contributed by atoms with Gasteiger partial charge in [-0.05, 0) is 51.2 Å². The molecule has 6 heteroatoms. The molecule has 3 unspecified atom stereocenters. The van der Waals surface area contributed by atoms with Gasteiger partial charge >= 0.3 is 5.69 Å². The lowest BCUT2D eigenvalue weighted by Gasteiger charge is -2.36. The lowest BCUT2D eigenvalue weighted by Crippen LogP contribution is -2.39. The zero-order valence-electron chi connectivity index (χ0n) is 16.3. The molecule has 0 spiro atoms. The number of rotatable bonds is 4. The molecule has 26 heavy (non-hydrogen) atoms. The smallest absolute Gasteiger partial charge is 0.330 e. The van der Waals surface area contributed by atoms with Crippen LogP contribution in [-0.4, -0.2) is 32.4 Å².